The lowest BCUT2D eigenvalue weighted by atomic mass is 9.94. The van der Waals surface area contributed by atoms with Crippen LogP contribution >= 0.6 is 11.6 Å². The van der Waals surface area contributed by atoms with E-state index in [2.05, 4.69) is 51.8 Å². The summed E-state index contributed by atoms with van der Waals surface area (Å²) in [5, 5.41) is 7.16. The zero-order valence-electron chi connectivity index (χ0n) is 22.2. The van der Waals surface area contributed by atoms with E-state index in [1.54, 1.807) is 36.7 Å². The molecule has 1 aliphatic heterocycles. The highest BCUT2D eigenvalue weighted by Gasteiger charge is 2.30. The van der Waals surface area contributed by atoms with Gasteiger partial charge in [0.05, 0.1) is 30.2 Å². The van der Waals surface area contributed by atoms with Crippen molar-refractivity contribution in [3.8, 4) is 5.75 Å². The molecule has 206 valence electrons. The number of carbonyl (C=O) groups excluding carboxylic acids is 2. The van der Waals surface area contributed by atoms with Crippen molar-refractivity contribution >= 4 is 23.4 Å². The van der Waals surface area contributed by atoms with Gasteiger partial charge in [0.1, 0.15) is 11.8 Å². The van der Waals surface area contributed by atoms with Crippen LogP contribution < -0.4 is 21.1 Å². The molecule has 0 saturated carbocycles. The average Bonchev–Trinajstić information content (AvgIpc) is 3.49. The Kier molecular flexibility index (Phi) is 8.48. The van der Waals surface area contributed by atoms with Gasteiger partial charge in [-0.2, -0.15) is 0 Å². The number of para-hydroxylation sites is 1. The molecule has 0 aliphatic carbocycles. The first-order valence-electron chi connectivity index (χ1n) is 13.3. The minimum atomic E-state index is -0.888. The molecule has 4 aromatic rings. The number of nitrogens with one attached hydrogen (secondary N) is 3. The Morgan fingerprint density at radius 3 is 2.50 bits per heavy atom. The van der Waals surface area contributed by atoms with Crippen LogP contribution in [0.4, 0.5) is 0 Å². The molecule has 1 aliphatic rings. The van der Waals surface area contributed by atoms with Gasteiger partial charge in [-0.15, -0.1) is 0 Å². The summed E-state index contributed by atoms with van der Waals surface area (Å²) in [6, 6.07) is 20.1. The number of rotatable bonds is 10. The summed E-state index contributed by atoms with van der Waals surface area (Å²) in [6.07, 6.45) is 5.26. The third-order valence-corrected chi connectivity index (χ3v) is 7.43. The highest BCUT2D eigenvalue weighted by Crippen LogP contribution is 2.37. The van der Waals surface area contributed by atoms with Gasteiger partial charge in [-0.25, -0.2) is 4.98 Å². The van der Waals surface area contributed by atoms with E-state index in [4.69, 9.17) is 22.1 Å². The van der Waals surface area contributed by atoms with Gasteiger partial charge in [0, 0.05) is 35.7 Å². The number of hydrogen-bond acceptors (Lipinski definition) is 5. The topological polar surface area (TPSA) is 122 Å². The van der Waals surface area contributed by atoms with Crippen molar-refractivity contribution in [1.29, 1.82) is 0 Å². The Bertz CT molecular complexity index is 1460. The second-order valence-corrected chi connectivity index (χ2v) is 10.5. The van der Waals surface area contributed by atoms with E-state index in [-0.39, 0.29) is 18.5 Å². The summed E-state index contributed by atoms with van der Waals surface area (Å²) in [5.41, 5.74) is 11.1. The molecular weight excluding hydrogens is 526 g/mol. The van der Waals surface area contributed by atoms with Crippen molar-refractivity contribution in [3.05, 3.63) is 118 Å². The molecule has 0 radical (unpaired) electrons. The van der Waals surface area contributed by atoms with Crippen LogP contribution in [0.2, 0.25) is 5.02 Å². The van der Waals surface area contributed by atoms with Gasteiger partial charge in [0.15, 0.2) is 0 Å². The molecule has 2 heterocycles. The molecule has 1 aromatic heterocycles. The van der Waals surface area contributed by atoms with Gasteiger partial charge in [0.2, 0.25) is 5.91 Å². The largest absolute Gasteiger partial charge is 0.492 e. The second kappa shape index (κ2) is 12.4. The van der Waals surface area contributed by atoms with E-state index in [0.29, 0.717) is 22.9 Å². The molecule has 40 heavy (non-hydrogen) atoms. The van der Waals surface area contributed by atoms with Crippen molar-refractivity contribution in [2.24, 2.45) is 5.73 Å². The number of benzene rings is 3. The predicted molar refractivity (Wildman–Crippen MR) is 154 cm³/mol. The Balaban J connectivity index is 1.36. The van der Waals surface area contributed by atoms with Gasteiger partial charge in [-0.05, 0) is 42.7 Å². The van der Waals surface area contributed by atoms with E-state index in [1.165, 1.54) is 11.1 Å². The minimum Gasteiger partial charge on any atom is -0.492 e. The van der Waals surface area contributed by atoms with Gasteiger partial charge >= 0.3 is 0 Å². The standard InChI is InChI=1S/C31H32ClN5O3/c1-19-5-7-20(8-6-19)15-26(28-17-34-18-35-28)36-25-13-14-40-29-23(25)3-2-4-24(29)31(39)37-27(30(33)38)16-21-9-11-22(32)12-10-21/h2-12,17-18,25-27,36H,13-16H2,1H3,(H2,33,38)(H,34,35)(H,37,39)/t25?,26?,27-/m0/s1. The van der Waals surface area contributed by atoms with Crippen molar-refractivity contribution in [3.63, 3.8) is 0 Å². The Hall–Kier alpha value is -4.14. The SMILES string of the molecule is Cc1ccc(CC(NC2CCOc3c(C(=O)N[C@@H](Cc4ccc(Cl)cc4)C(N)=O)cccc32)c2cnc[nH]2)cc1. The van der Waals surface area contributed by atoms with Crippen molar-refractivity contribution in [2.45, 2.75) is 44.3 Å². The number of amides is 2. The maximum atomic E-state index is 13.4. The molecule has 2 amide bonds. The molecule has 8 nitrogen and oxygen atoms in total. The quantitative estimate of drug-likeness (QED) is 0.227. The lowest BCUT2D eigenvalue weighted by Crippen LogP contribution is -2.46. The fourth-order valence-corrected chi connectivity index (χ4v) is 5.14. The van der Waals surface area contributed by atoms with Crippen LogP contribution in [-0.2, 0) is 17.6 Å². The molecule has 0 saturated heterocycles. The van der Waals surface area contributed by atoms with Crippen LogP contribution in [0, 0.1) is 6.92 Å². The van der Waals surface area contributed by atoms with E-state index in [9.17, 15) is 9.59 Å². The van der Waals surface area contributed by atoms with Gasteiger partial charge < -0.3 is 26.1 Å². The van der Waals surface area contributed by atoms with Crippen LogP contribution in [0.5, 0.6) is 5.75 Å². The number of ether oxygens (including phenoxy) is 1. The monoisotopic (exact) mass is 557 g/mol. The predicted octanol–water partition coefficient (Wildman–Crippen LogP) is 4.60. The van der Waals surface area contributed by atoms with Gasteiger partial charge in [-0.3, -0.25) is 9.59 Å². The van der Waals surface area contributed by atoms with E-state index < -0.39 is 17.9 Å². The summed E-state index contributed by atoms with van der Waals surface area (Å²) < 4.78 is 6.03. The van der Waals surface area contributed by atoms with Crippen LogP contribution in [0.25, 0.3) is 0 Å². The van der Waals surface area contributed by atoms with Gasteiger partial charge in [-0.1, -0.05) is 65.7 Å². The fraction of sp³-hybridized carbons (Fsp3) is 0.258. The summed E-state index contributed by atoms with van der Waals surface area (Å²) >= 11 is 5.98. The van der Waals surface area contributed by atoms with Crippen LogP contribution in [0.15, 0.2) is 79.3 Å². The average molecular weight is 558 g/mol. The zero-order valence-corrected chi connectivity index (χ0v) is 22.9. The summed E-state index contributed by atoms with van der Waals surface area (Å²) in [5.74, 6) is -0.524. The van der Waals surface area contributed by atoms with Crippen molar-refractivity contribution in [1.82, 2.24) is 20.6 Å². The maximum Gasteiger partial charge on any atom is 0.255 e. The first kappa shape index (κ1) is 27.4. The number of aromatic nitrogens is 2. The summed E-state index contributed by atoms with van der Waals surface area (Å²) in [6.45, 7) is 2.52. The van der Waals surface area contributed by atoms with E-state index >= 15 is 0 Å². The zero-order chi connectivity index (χ0) is 28.1. The number of aromatic amines is 1. The van der Waals surface area contributed by atoms with E-state index in [0.717, 1.165) is 29.7 Å². The fourth-order valence-electron chi connectivity index (χ4n) is 5.01. The molecule has 2 unspecified atom stereocenters. The lowest BCUT2D eigenvalue weighted by molar-refractivity contribution is -0.119. The smallest absolute Gasteiger partial charge is 0.255 e. The van der Waals surface area contributed by atoms with Crippen molar-refractivity contribution < 1.29 is 14.3 Å². The third kappa shape index (κ3) is 6.52. The molecule has 0 bridgehead atoms. The molecule has 3 aromatic carbocycles. The molecule has 5 N–H and O–H groups in total. The van der Waals surface area contributed by atoms with Crippen LogP contribution in [-0.4, -0.2) is 34.4 Å². The number of imidazole rings is 1. The number of primary amides is 1. The Labute approximate surface area is 238 Å². The number of nitrogens with zero attached hydrogens (tertiary/aromatic N) is 1. The van der Waals surface area contributed by atoms with Crippen LogP contribution in [0.3, 0.4) is 0 Å². The van der Waals surface area contributed by atoms with Gasteiger partial charge in [0.25, 0.3) is 5.91 Å². The normalized spacial score (nSPS) is 15.9. The molecule has 0 spiro atoms. The number of halogens is 1. The maximum absolute atomic E-state index is 13.4. The van der Waals surface area contributed by atoms with Crippen LogP contribution in [0.1, 0.15) is 56.8 Å². The molecular formula is C31H32ClN5O3. The number of aryl methyl sites for hydroxylation is 1. The third-order valence-electron chi connectivity index (χ3n) is 7.18. The number of carbonyl (C=O) groups is 2. The lowest BCUT2D eigenvalue weighted by Gasteiger charge is -2.31. The number of hydrogen-bond donors (Lipinski definition) is 4. The second-order valence-electron chi connectivity index (χ2n) is 10.1. The number of fused-ring (bicyclic) bond motifs is 1. The first-order valence-corrected chi connectivity index (χ1v) is 13.7. The molecule has 5 rings (SSSR count). The number of nitrogens with two attached hydrogens (primary N) is 1. The highest BCUT2D eigenvalue weighted by atomic mass is 35.5. The minimum absolute atomic E-state index is 0.0303. The Morgan fingerprint density at radius 1 is 1.07 bits per heavy atom. The first-order chi connectivity index (χ1) is 19.4. The highest BCUT2D eigenvalue weighted by molar-refractivity contribution is 6.30. The Morgan fingerprint density at radius 2 is 1.80 bits per heavy atom. The summed E-state index contributed by atoms with van der Waals surface area (Å²) in [4.78, 5) is 33.1. The number of H-pyrrole nitrogens is 1. The van der Waals surface area contributed by atoms with Crippen molar-refractivity contribution in [2.75, 3.05) is 6.61 Å². The molecule has 3 atom stereocenters. The molecule has 9 heteroatoms. The van der Waals surface area contributed by atoms with E-state index in [1.807, 2.05) is 18.3 Å². The molecule has 0 fully saturated rings. The summed E-state index contributed by atoms with van der Waals surface area (Å²) in [7, 11) is 0.